The third kappa shape index (κ3) is 5.75. The maximum atomic E-state index is 13.6. The molecule has 1 heterocycles. The number of primary amides is 1. The van der Waals surface area contributed by atoms with Gasteiger partial charge in [-0.2, -0.15) is 31.6 Å². The first-order valence-electron chi connectivity index (χ1n) is 9.69. The zero-order valence-corrected chi connectivity index (χ0v) is 17.7. The number of nitriles is 1. The third-order valence-corrected chi connectivity index (χ3v) is 4.92. The molecular formula is C21H16F6N4O4. The van der Waals surface area contributed by atoms with Gasteiger partial charge in [-0.1, -0.05) is 0 Å². The second-order valence-corrected chi connectivity index (χ2v) is 7.40. The summed E-state index contributed by atoms with van der Waals surface area (Å²) in [7, 11) is 0. The van der Waals surface area contributed by atoms with Crippen LogP contribution < -0.4 is 20.7 Å². The zero-order chi connectivity index (χ0) is 26.1. The predicted octanol–water partition coefficient (Wildman–Crippen LogP) is 4.08. The molecule has 3 N–H and O–H groups in total. The van der Waals surface area contributed by atoms with Crippen molar-refractivity contribution in [1.82, 2.24) is 0 Å². The van der Waals surface area contributed by atoms with Crippen molar-refractivity contribution in [2.24, 2.45) is 5.73 Å². The molecular weight excluding hydrogens is 486 g/mol. The van der Waals surface area contributed by atoms with E-state index in [0.29, 0.717) is 16.5 Å². The number of carbonyl (C=O) groups is 2. The first-order chi connectivity index (χ1) is 16.2. The summed E-state index contributed by atoms with van der Waals surface area (Å²) in [5, 5.41) is 11.3. The van der Waals surface area contributed by atoms with Crippen LogP contribution in [0, 0.1) is 18.3 Å². The van der Waals surface area contributed by atoms with E-state index in [2.05, 4.69) is 5.32 Å². The van der Waals surface area contributed by atoms with Gasteiger partial charge in [-0.25, -0.2) is 4.79 Å². The molecule has 0 aliphatic carbocycles. The van der Waals surface area contributed by atoms with E-state index in [1.165, 1.54) is 31.2 Å². The number of carbonyl (C=O) groups excluding carboxylic acids is 2. The fourth-order valence-corrected chi connectivity index (χ4v) is 3.40. The van der Waals surface area contributed by atoms with Crippen molar-refractivity contribution in [3.63, 3.8) is 0 Å². The Bertz CT molecular complexity index is 1190. The number of hydrogen-bond donors (Lipinski definition) is 2. The van der Waals surface area contributed by atoms with Crippen molar-refractivity contribution in [2.45, 2.75) is 31.6 Å². The summed E-state index contributed by atoms with van der Waals surface area (Å²) in [4.78, 5) is 23.9. The number of alkyl halides is 6. The normalized spacial score (nSPS) is 18.2. The maximum Gasteiger partial charge on any atom is 0.433 e. The van der Waals surface area contributed by atoms with Gasteiger partial charge in [0.1, 0.15) is 5.75 Å². The number of nitrogens with one attached hydrogen (secondary N) is 1. The van der Waals surface area contributed by atoms with Gasteiger partial charge in [-0.15, -0.1) is 0 Å². The van der Waals surface area contributed by atoms with Crippen molar-refractivity contribution in [1.29, 1.82) is 5.26 Å². The summed E-state index contributed by atoms with van der Waals surface area (Å²) in [6.07, 6.45) is -15.5. The van der Waals surface area contributed by atoms with Crippen LogP contribution >= 0.6 is 0 Å². The van der Waals surface area contributed by atoms with Gasteiger partial charge in [0, 0.05) is 11.4 Å². The maximum absolute atomic E-state index is 13.6. The van der Waals surface area contributed by atoms with E-state index in [-0.39, 0.29) is 11.4 Å². The molecule has 186 valence electrons. The number of rotatable bonds is 4. The van der Waals surface area contributed by atoms with Gasteiger partial charge in [0.25, 0.3) is 5.91 Å². The Morgan fingerprint density at radius 2 is 1.86 bits per heavy atom. The molecule has 3 rings (SSSR count). The zero-order valence-electron chi connectivity index (χ0n) is 17.7. The van der Waals surface area contributed by atoms with E-state index >= 15 is 0 Å². The van der Waals surface area contributed by atoms with Gasteiger partial charge in [0.15, 0.2) is 6.10 Å². The number of aryl methyl sites for hydroxylation is 1. The molecule has 2 aromatic carbocycles. The first kappa shape index (κ1) is 25.6. The Kier molecular flexibility index (Phi) is 6.84. The lowest BCUT2D eigenvalue weighted by atomic mass is 10.1. The van der Waals surface area contributed by atoms with Gasteiger partial charge in [0.05, 0.1) is 23.7 Å². The van der Waals surface area contributed by atoms with Crippen LogP contribution in [0.25, 0.3) is 0 Å². The second-order valence-electron chi connectivity index (χ2n) is 7.40. The molecule has 8 nitrogen and oxygen atoms in total. The Balaban J connectivity index is 1.86. The molecule has 0 radical (unpaired) electrons. The van der Waals surface area contributed by atoms with Crippen molar-refractivity contribution in [3.05, 3.63) is 53.1 Å². The number of halogens is 6. The van der Waals surface area contributed by atoms with Gasteiger partial charge < -0.3 is 25.4 Å². The average molecular weight is 502 g/mol. The van der Waals surface area contributed by atoms with Crippen LogP contribution in [-0.2, 0) is 15.7 Å². The lowest BCUT2D eigenvalue weighted by Crippen LogP contribution is -2.42. The minimum Gasteiger partial charge on any atom is -0.410 e. The molecule has 1 fully saturated rings. The lowest BCUT2D eigenvalue weighted by Gasteiger charge is -2.27. The molecule has 0 bridgehead atoms. The van der Waals surface area contributed by atoms with Crippen LogP contribution in [0.1, 0.15) is 16.7 Å². The SMILES string of the molecule is Cc1cc(NC(=O)[C@@H]2CN(c3ccc(C#N)c(C(F)(F)F)c3)[C@@H](C(F)(F)F)O2)ccc1OC(N)=O. The summed E-state index contributed by atoms with van der Waals surface area (Å²) >= 11 is 0. The number of hydrogen-bond acceptors (Lipinski definition) is 6. The van der Waals surface area contributed by atoms with E-state index in [9.17, 15) is 35.9 Å². The van der Waals surface area contributed by atoms with E-state index in [1.807, 2.05) is 0 Å². The smallest absolute Gasteiger partial charge is 0.410 e. The average Bonchev–Trinajstić information content (AvgIpc) is 3.21. The Hall–Kier alpha value is -3.99. The van der Waals surface area contributed by atoms with Crippen LogP contribution in [0.2, 0.25) is 0 Å². The quantitative estimate of drug-likeness (QED) is 0.609. The Morgan fingerprint density at radius 3 is 2.40 bits per heavy atom. The number of nitrogens with zero attached hydrogens (tertiary/aromatic N) is 2. The number of anilines is 2. The summed E-state index contributed by atoms with van der Waals surface area (Å²) in [5.74, 6) is -0.897. The van der Waals surface area contributed by atoms with Crippen LogP contribution in [0.4, 0.5) is 42.5 Å². The summed E-state index contributed by atoms with van der Waals surface area (Å²) < 4.78 is 90.3. The van der Waals surface area contributed by atoms with E-state index in [0.717, 1.165) is 12.1 Å². The highest BCUT2D eigenvalue weighted by molar-refractivity contribution is 5.95. The van der Waals surface area contributed by atoms with Crippen molar-refractivity contribution < 1.29 is 45.4 Å². The topological polar surface area (TPSA) is 118 Å². The van der Waals surface area contributed by atoms with Gasteiger partial charge >= 0.3 is 18.4 Å². The van der Waals surface area contributed by atoms with Crippen molar-refractivity contribution >= 4 is 23.4 Å². The summed E-state index contributed by atoms with van der Waals surface area (Å²) in [6, 6.07) is 7.37. The van der Waals surface area contributed by atoms with Crippen LogP contribution in [0.3, 0.4) is 0 Å². The summed E-state index contributed by atoms with van der Waals surface area (Å²) in [6.45, 7) is 0.797. The molecule has 2 amide bonds. The fraction of sp³-hybridized carbons (Fsp3) is 0.286. The highest BCUT2D eigenvalue weighted by atomic mass is 19.4. The van der Waals surface area contributed by atoms with Gasteiger partial charge in [-0.05, 0) is 48.9 Å². The predicted molar refractivity (Wildman–Crippen MR) is 108 cm³/mol. The molecule has 2 aromatic rings. The standard InChI is InChI=1S/C21H16F6N4O4/c1-10-6-12(3-5-15(10)35-19(29)33)30-17(32)16-9-31(18(34-16)21(25,26)27)13-4-2-11(8-28)14(7-13)20(22,23)24/h2-7,16,18H,9H2,1H3,(H2,29,33)(H,30,32)/t16-,18+/m0/s1. The van der Waals surface area contributed by atoms with Crippen LogP contribution in [0.15, 0.2) is 36.4 Å². The molecule has 0 spiro atoms. The van der Waals surface area contributed by atoms with Gasteiger partial charge in [-0.3, -0.25) is 4.79 Å². The third-order valence-electron chi connectivity index (χ3n) is 4.92. The van der Waals surface area contributed by atoms with Gasteiger partial charge in [0.2, 0.25) is 6.23 Å². The minimum absolute atomic E-state index is 0.0946. The molecule has 0 unspecified atom stereocenters. The largest absolute Gasteiger partial charge is 0.433 e. The highest BCUT2D eigenvalue weighted by Crippen LogP contribution is 2.39. The Morgan fingerprint density at radius 1 is 1.17 bits per heavy atom. The molecule has 1 aliphatic rings. The van der Waals surface area contributed by atoms with Crippen molar-refractivity contribution in [3.8, 4) is 11.8 Å². The monoisotopic (exact) mass is 502 g/mol. The number of ether oxygens (including phenoxy) is 2. The molecule has 0 aromatic heterocycles. The summed E-state index contributed by atoms with van der Waals surface area (Å²) in [5.41, 5.74) is 2.73. The van der Waals surface area contributed by atoms with E-state index in [1.54, 1.807) is 0 Å². The van der Waals surface area contributed by atoms with Crippen LogP contribution in [-0.4, -0.2) is 37.1 Å². The number of nitrogens with two attached hydrogens (primary N) is 1. The van der Waals surface area contributed by atoms with Crippen molar-refractivity contribution in [2.75, 3.05) is 16.8 Å². The molecule has 35 heavy (non-hydrogen) atoms. The molecule has 1 saturated heterocycles. The number of benzene rings is 2. The minimum atomic E-state index is -5.05. The first-order valence-corrected chi connectivity index (χ1v) is 9.69. The molecule has 0 saturated carbocycles. The fourth-order valence-electron chi connectivity index (χ4n) is 3.40. The molecule has 1 aliphatic heterocycles. The van der Waals surface area contributed by atoms with E-state index < -0.39 is 60.0 Å². The second kappa shape index (κ2) is 9.34. The van der Waals surface area contributed by atoms with E-state index in [4.69, 9.17) is 20.5 Å². The molecule has 14 heteroatoms. The highest BCUT2D eigenvalue weighted by Gasteiger charge is 2.52. The Labute approximate surface area is 193 Å². The lowest BCUT2D eigenvalue weighted by molar-refractivity contribution is -0.212. The molecule has 2 atom stereocenters. The number of amides is 2. The van der Waals surface area contributed by atoms with Crippen LogP contribution in [0.5, 0.6) is 5.75 Å².